The molecule has 4 aromatic carbocycles. The molecule has 380 valence electrons. The molecule has 0 unspecified atom stereocenters. The van der Waals surface area contributed by atoms with Crippen molar-refractivity contribution in [3.05, 3.63) is 120 Å². The first-order chi connectivity index (χ1) is 34.7. The van der Waals surface area contributed by atoms with E-state index in [9.17, 15) is 10.1 Å². The van der Waals surface area contributed by atoms with Gasteiger partial charge in [-0.05, 0) is 57.5 Å². The van der Waals surface area contributed by atoms with E-state index >= 15 is 0 Å². The Morgan fingerprint density at radius 3 is 1.53 bits per heavy atom. The molecule has 0 amide bonds. The maximum atomic E-state index is 12.0. The summed E-state index contributed by atoms with van der Waals surface area (Å²) in [5.74, 6) is 1.94. The van der Waals surface area contributed by atoms with Crippen LogP contribution < -0.4 is 35.6 Å². The van der Waals surface area contributed by atoms with Gasteiger partial charge < -0.3 is 59.7 Å². The zero-order valence-corrected chi connectivity index (χ0v) is 43.2. The average molecular weight is 981 g/mol. The van der Waals surface area contributed by atoms with Gasteiger partial charge in [0.05, 0.1) is 53.3 Å². The van der Waals surface area contributed by atoms with E-state index in [1.165, 1.54) is 13.2 Å². The number of nitro groups is 1. The van der Waals surface area contributed by atoms with Crippen LogP contribution in [0.2, 0.25) is 0 Å². The van der Waals surface area contributed by atoms with Crippen LogP contribution in [-0.2, 0) is 14.1 Å². The number of aromatic nitrogens is 6. The van der Waals surface area contributed by atoms with E-state index in [1.807, 2.05) is 94.9 Å². The molecule has 19 nitrogen and oxygen atoms in total. The summed E-state index contributed by atoms with van der Waals surface area (Å²) in [5, 5.41) is 27.6. The van der Waals surface area contributed by atoms with E-state index in [1.54, 1.807) is 25.6 Å². The summed E-state index contributed by atoms with van der Waals surface area (Å²) in [6.45, 7) is 9.36. The molecule has 0 bridgehead atoms. The number of hydrogen-bond acceptors (Lipinski definition) is 16. The normalized spacial score (nSPS) is 11.0. The summed E-state index contributed by atoms with van der Waals surface area (Å²) in [6, 6.07) is 27.2. The third-order valence-electron chi connectivity index (χ3n) is 12.5. The molecule has 0 aliphatic carbocycles. The number of benzene rings is 4. The first kappa shape index (κ1) is 53.4. The average Bonchev–Trinajstić information content (AvgIpc) is 3.93. The van der Waals surface area contributed by atoms with Crippen molar-refractivity contribution in [2.75, 3.05) is 115 Å². The first-order valence-electron chi connectivity index (χ1n) is 23.6. The standard InChI is InChI=1S/C26H31N7O3.C26H33N7O.CH4O/c1-6-30(2)13-14-31(3)23-16-25(36-5)21(15-24(23)33(34)35)29-26-27-12-11-20(28-26)19-17-32(4)22-10-8-7-9-18(19)22;1-6-31(2)13-14-32(3)24-16-25(34-5)22(15-20(24)27)30-26-28-12-11-21(29-26)19-17-33(4)23-10-8-7-9-18(19)23;1-2/h7-12,15-17H,6,13-14H2,1-5H3,(H,27,28,29);7-12,15-17H,6,13-14,27H2,1-5H3,(H,28,29,30);2H,1H3. The number of methoxy groups -OCH3 is 2. The predicted octanol–water partition coefficient (Wildman–Crippen LogP) is 8.65. The zero-order chi connectivity index (χ0) is 52.1. The molecule has 8 aromatic rings. The zero-order valence-electron chi connectivity index (χ0n) is 43.2. The summed E-state index contributed by atoms with van der Waals surface area (Å²) in [6.07, 6.45) is 7.55. The van der Waals surface area contributed by atoms with E-state index < -0.39 is 0 Å². The highest BCUT2D eigenvalue weighted by molar-refractivity contribution is 5.96. The predicted molar refractivity (Wildman–Crippen MR) is 293 cm³/mol. The quantitative estimate of drug-likeness (QED) is 0.0340. The minimum Gasteiger partial charge on any atom is -0.494 e. The molecule has 0 spiro atoms. The Hall–Kier alpha value is -8.00. The van der Waals surface area contributed by atoms with Gasteiger partial charge in [0.15, 0.2) is 0 Å². The SMILES string of the molecule is CCN(C)CCN(C)c1cc(OC)c(Nc2nccc(-c3cn(C)c4ccccc34)n2)cc1N.CCN(C)CCN(C)c1cc(OC)c(Nc2nccc(-c3cn(C)c4ccccc34)n2)cc1[N+](=O)[O-].CO. The number of nitrogens with one attached hydrogen (secondary N) is 2. The largest absolute Gasteiger partial charge is 0.494 e. The fourth-order valence-corrected chi connectivity index (χ4v) is 8.13. The number of fused-ring (bicyclic) bond motifs is 2. The highest BCUT2D eigenvalue weighted by Gasteiger charge is 2.23. The number of aliphatic hydroxyl groups excluding tert-OH is 1. The fourth-order valence-electron chi connectivity index (χ4n) is 8.13. The second-order valence-electron chi connectivity index (χ2n) is 17.2. The monoisotopic (exact) mass is 981 g/mol. The lowest BCUT2D eigenvalue weighted by atomic mass is 10.1. The van der Waals surface area contributed by atoms with E-state index in [0.717, 1.165) is 95.5 Å². The van der Waals surface area contributed by atoms with Gasteiger partial charge in [-0.25, -0.2) is 19.9 Å². The van der Waals surface area contributed by atoms with E-state index in [2.05, 4.69) is 95.8 Å². The van der Waals surface area contributed by atoms with Crippen molar-refractivity contribution in [2.24, 2.45) is 14.1 Å². The molecule has 0 radical (unpaired) electrons. The molecule has 0 aliphatic heterocycles. The summed E-state index contributed by atoms with van der Waals surface area (Å²) in [7, 11) is 16.2. The van der Waals surface area contributed by atoms with Crippen LogP contribution in [0, 0.1) is 10.1 Å². The Balaban J connectivity index is 0.000000228. The lowest BCUT2D eigenvalue weighted by Gasteiger charge is -2.25. The number of nitrogen functional groups attached to an aromatic ring is 1. The molecule has 8 rings (SSSR count). The number of ether oxygens (including phenoxy) is 2. The molecule has 0 saturated heterocycles. The van der Waals surface area contributed by atoms with Crippen LogP contribution >= 0.6 is 0 Å². The summed E-state index contributed by atoms with van der Waals surface area (Å²) >= 11 is 0. The second-order valence-corrected chi connectivity index (χ2v) is 17.2. The topological polar surface area (TPSA) is 206 Å². The van der Waals surface area contributed by atoms with Gasteiger partial charge in [0.25, 0.3) is 5.69 Å². The van der Waals surface area contributed by atoms with Crippen LogP contribution in [0.15, 0.2) is 110 Å². The lowest BCUT2D eigenvalue weighted by molar-refractivity contribution is -0.384. The van der Waals surface area contributed by atoms with Crippen LogP contribution in [0.5, 0.6) is 11.5 Å². The summed E-state index contributed by atoms with van der Waals surface area (Å²) in [5.41, 5.74) is 15.5. The smallest absolute Gasteiger partial charge is 0.294 e. The number of hydrogen-bond donors (Lipinski definition) is 4. The molecule has 4 heterocycles. The van der Waals surface area contributed by atoms with Gasteiger partial charge >= 0.3 is 0 Å². The molecule has 4 aromatic heterocycles. The Bertz CT molecular complexity index is 3080. The van der Waals surface area contributed by atoms with Gasteiger partial charge in [-0.3, -0.25) is 10.1 Å². The van der Waals surface area contributed by atoms with E-state index in [-0.39, 0.29) is 10.6 Å². The molecule has 0 saturated carbocycles. The van der Waals surface area contributed by atoms with Crippen LogP contribution in [0.1, 0.15) is 13.8 Å². The Labute approximate surface area is 421 Å². The number of nitrogens with two attached hydrogens (primary N) is 1. The number of likely N-dealkylation sites (N-methyl/N-ethyl adjacent to an activating group) is 4. The third-order valence-corrected chi connectivity index (χ3v) is 12.5. The molecular weight excluding hydrogens is 913 g/mol. The number of anilines is 7. The van der Waals surface area contributed by atoms with Gasteiger partial charge in [0.2, 0.25) is 11.9 Å². The molecule has 19 heteroatoms. The number of nitro benzene ring substituents is 1. The Kier molecular flexibility index (Phi) is 18.3. The van der Waals surface area contributed by atoms with Crippen molar-refractivity contribution in [1.82, 2.24) is 38.9 Å². The lowest BCUT2D eigenvalue weighted by Crippen LogP contribution is -2.31. The van der Waals surface area contributed by atoms with Gasteiger partial charge in [0, 0.05) is 137 Å². The molecule has 5 N–H and O–H groups in total. The van der Waals surface area contributed by atoms with Gasteiger partial charge in [-0.1, -0.05) is 50.2 Å². The molecule has 0 atom stereocenters. The minimum absolute atomic E-state index is 0.0230. The third kappa shape index (κ3) is 12.5. The number of rotatable bonds is 19. The maximum absolute atomic E-state index is 12.0. The Morgan fingerprint density at radius 1 is 0.653 bits per heavy atom. The van der Waals surface area contributed by atoms with Crippen molar-refractivity contribution in [1.29, 1.82) is 0 Å². The van der Waals surface area contributed by atoms with Crippen LogP contribution in [0.3, 0.4) is 0 Å². The molecular formula is C53H68N14O5. The van der Waals surface area contributed by atoms with Crippen LogP contribution in [0.25, 0.3) is 44.3 Å². The van der Waals surface area contributed by atoms with Crippen molar-refractivity contribution < 1.29 is 19.5 Å². The van der Waals surface area contributed by atoms with Gasteiger partial charge in [0.1, 0.15) is 17.2 Å². The fraction of sp³-hybridized carbons (Fsp3) is 0.321. The van der Waals surface area contributed by atoms with Gasteiger partial charge in [-0.2, -0.15) is 0 Å². The van der Waals surface area contributed by atoms with E-state index in [0.29, 0.717) is 47.0 Å². The first-order valence-corrected chi connectivity index (χ1v) is 23.6. The van der Waals surface area contributed by atoms with Gasteiger partial charge in [-0.15, -0.1) is 0 Å². The van der Waals surface area contributed by atoms with Crippen LogP contribution in [0.4, 0.5) is 46.0 Å². The highest BCUT2D eigenvalue weighted by atomic mass is 16.6. The van der Waals surface area contributed by atoms with Crippen molar-refractivity contribution >= 4 is 67.8 Å². The molecule has 72 heavy (non-hydrogen) atoms. The summed E-state index contributed by atoms with van der Waals surface area (Å²) < 4.78 is 15.4. The molecule has 0 aliphatic rings. The van der Waals surface area contributed by atoms with Crippen molar-refractivity contribution in [3.63, 3.8) is 0 Å². The number of nitrogens with zero attached hydrogens (tertiary/aromatic N) is 11. The number of aryl methyl sites for hydroxylation is 2. The second kappa shape index (κ2) is 24.7. The number of aliphatic hydroxyl groups is 1. The van der Waals surface area contributed by atoms with Crippen LogP contribution in [-0.4, -0.2) is 138 Å². The van der Waals surface area contributed by atoms with E-state index in [4.69, 9.17) is 30.3 Å². The number of para-hydroxylation sites is 2. The molecule has 0 fully saturated rings. The maximum Gasteiger partial charge on any atom is 0.294 e. The Morgan fingerprint density at radius 2 is 1.08 bits per heavy atom. The highest BCUT2D eigenvalue weighted by Crippen LogP contribution is 2.40. The minimum atomic E-state index is -0.382. The van der Waals surface area contributed by atoms with Crippen molar-refractivity contribution in [3.8, 4) is 34.0 Å². The summed E-state index contributed by atoms with van der Waals surface area (Å²) in [4.78, 5) is 38.2. The van der Waals surface area contributed by atoms with Crippen molar-refractivity contribution in [2.45, 2.75) is 13.8 Å².